The zero-order valence-corrected chi connectivity index (χ0v) is 13.0. The molecule has 0 amide bonds. The van der Waals surface area contributed by atoms with E-state index in [1.807, 2.05) is 0 Å². The van der Waals surface area contributed by atoms with Crippen molar-refractivity contribution in [3.8, 4) is 0 Å². The van der Waals surface area contributed by atoms with Crippen molar-refractivity contribution in [2.45, 2.75) is 10.5 Å². The first kappa shape index (κ1) is 16.2. The van der Waals surface area contributed by atoms with E-state index in [0.717, 1.165) is 0 Å². The molecule has 0 atom stereocenters. The summed E-state index contributed by atoms with van der Waals surface area (Å²) in [6.07, 6.45) is 0. The van der Waals surface area contributed by atoms with Crippen LogP contribution < -0.4 is 0 Å². The molecule has 0 N–H and O–H groups in total. The summed E-state index contributed by atoms with van der Waals surface area (Å²) in [4.78, 5) is 26.3. The Morgan fingerprint density at radius 3 is 1.52 bits per heavy atom. The number of hydrogen-bond donors (Lipinski definition) is 0. The van der Waals surface area contributed by atoms with E-state index in [0.29, 0.717) is 0 Å². The van der Waals surface area contributed by atoms with Gasteiger partial charge < -0.3 is 9.47 Å². The number of carbonyl (C=O) groups excluding carboxylic acids is 2. The molecule has 0 spiro atoms. The summed E-state index contributed by atoms with van der Waals surface area (Å²) in [6, 6.07) is 0. The fourth-order valence-electron chi connectivity index (χ4n) is 2.86. The van der Waals surface area contributed by atoms with E-state index in [9.17, 15) is 18.0 Å². The third kappa shape index (κ3) is 3.53. The maximum Gasteiger partial charge on any atom is 0.319 e. The summed E-state index contributed by atoms with van der Waals surface area (Å²) < 4.78 is 33.8. The van der Waals surface area contributed by atoms with Gasteiger partial charge in [-0.3, -0.25) is 19.4 Å². The van der Waals surface area contributed by atoms with Gasteiger partial charge in [0.2, 0.25) is 0 Å². The van der Waals surface area contributed by atoms with Crippen LogP contribution in [0, 0.1) is 0 Å². The van der Waals surface area contributed by atoms with Crippen molar-refractivity contribution in [1.29, 1.82) is 0 Å². The molecule has 0 aromatic rings. The van der Waals surface area contributed by atoms with Gasteiger partial charge in [-0.1, -0.05) is 0 Å². The van der Waals surface area contributed by atoms with Crippen LogP contribution in [-0.4, -0.2) is 94.1 Å². The van der Waals surface area contributed by atoms with Crippen LogP contribution in [0.5, 0.6) is 0 Å². The van der Waals surface area contributed by atoms with Crippen molar-refractivity contribution < 1.29 is 27.5 Å². The third-order valence-corrected chi connectivity index (χ3v) is 6.39. The third-order valence-electron chi connectivity index (χ3n) is 3.94. The van der Waals surface area contributed by atoms with Crippen LogP contribution in [0.4, 0.5) is 0 Å². The lowest BCUT2D eigenvalue weighted by molar-refractivity contribution is -0.142. The number of nitrogens with zero attached hydrogens (tertiary/aromatic N) is 2. The van der Waals surface area contributed by atoms with Crippen molar-refractivity contribution in [3.05, 3.63) is 0 Å². The summed E-state index contributed by atoms with van der Waals surface area (Å²) in [5, 5.41) is -1.17. The number of ether oxygens (including phenoxy) is 2. The Morgan fingerprint density at radius 2 is 1.24 bits per heavy atom. The molecule has 0 aliphatic carbocycles. The van der Waals surface area contributed by atoms with Crippen molar-refractivity contribution in [3.63, 3.8) is 0 Å². The Labute approximate surface area is 123 Å². The number of rotatable bonds is 4. The van der Waals surface area contributed by atoms with E-state index in [1.165, 1.54) is 14.2 Å². The van der Waals surface area contributed by atoms with Gasteiger partial charge in [0, 0.05) is 26.2 Å². The van der Waals surface area contributed by atoms with E-state index in [1.54, 1.807) is 9.80 Å². The van der Waals surface area contributed by atoms with E-state index in [4.69, 9.17) is 0 Å². The number of sulfone groups is 1. The second kappa shape index (κ2) is 6.29. The van der Waals surface area contributed by atoms with Crippen LogP contribution >= 0.6 is 0 Å². The van der Waals surface area contributed by atoms with Gasteiger partial charge in [-0.15, -0.1) is 0 Å². The fourth-order valence-corrected chi connectivity index (χ4v) is 5.08. The molecular weight excluding hydrogens is 300 g/mol. The molecule has 21 heavy (non-hydrogen) atoms. The zero-order valence-electron chi connectivity index (χ0n) is 12.1. The fraction of sp³-hybridized carbons (Fsp3) is 0.833. The summed E-state index contributed by atoms with van der Waals surface area (Å²) in [5.41, 5.74) is 0. The Morgan fingerprint density at radius 1 is 0.905 bits per heavy atom. The Hall–Kier alpha value is -1.19. The van der Waals surface area contributed by atoms with Crippen LogP contribution in [0.3, 0.4) is 0 Å². The minimum Gasteiger partial charge on any atom is -0.468 e. The van der Waals surface area contributed by atoms with Crippen LogP contribution in [0.15, 0.2) is 0 Å². The van der Waals surface area contributed by atoms with Gasteiger partial charge in [0.1, 0.15) is 0 Å². The monoisotopic (exact) mass is 320 g/mol. The molecule has 0 aromatic carbocycles. The lowest BCUT2D eigenvalue weighted by Gasteiger charge is -2.44. The van der Waals surface area contributed by atoms with Crippen molar-refractivity contribution in [1.82, 2.24) is 9.80 Å². The quantitative estimate of drug-likeness (QED) is 0.556. The molecule has 0 radical (unpaired) electrons. The van der Waals surface area contributed by atoms with Crippen molar-refractivity contribution in [2.75, 3.05) is 53.5 Å². The number of methoxy groups -OCH3 is 2. The second-order valence-electron chi connectivity index (χ2n) is 5.37. The van der Waals surface area contributed by atoms with Gasteiger partial charge in [0.15, 0.2) is 9.84 Å². The molecule has 2 bridgehead atoms. The molecule has 0 saturated carbocycles. The normalized spacial score (nSPS) is 28.9. The maximum atomic E-state index is 12.3. The SMILES string of the molecule is COC(=O)CN1CC2CN(CC(=O)OC)CC(C1)S2(=O)=O. The average Bonchev–Trinajstić information content (AvgIpc) is 2.40. The van der Waals surface area contributed by atoms with Crippen LogP contribution in [0.2, 0.25) is 0 Å². The zero-order chi connectivity index (χ0) is 15.6. The van der Waals surface area contributed by atoms with Gasteiger partial charge in [-0.2, -0.15) is 0 Å². The van der Waals surface area contributed by atoms with Gasteiger partial charge in [0.05, 0.1) is 37.8 Å². The maximum absolute atomic E-state index is 12.3. The summed E-state index contributed by atoms with van der Waals surface area (Å²) in [5.74, 6) is -0.752. The Kier molecular flexibility index (Phi) is 4.84. The molecule has 2 saturated heterocycles. The van der Waals surface area contributed by atoms with Crippen LogP contribution in [0.1, 0.15) is 0 Å². The molecule has 2 fully saturated rings. The van der Waals surface area contributed by atoms with Gasteiger partial charge in [-0.05, 0) is 0 Å². The van der Waals surface area contributed by atoms with E-state index in [2.05, 4.69) is 9.47 Å². The molecule has 120 valence electrons. The average molecular weight is 320 g/mol. The summed E-state index contributed by atoms with van der Waals surface area (Å²) >= 11 is 0. The predicted molar refractivity (Wildman–Crippen MR) is 73.4 cm³/mol. The number of esters is 2. The first-order chi connectivity index (χ1) is 9.86. The molecular formula is C12H20N2O6S. The second-order valence-corrected chi connectivity index (χ2v) is 7.88. The molecule has 2 heterocycles. The van der Waals surface area contributed by atoms with E-state index >= 15 is 0 Å². The van der Waals surface area contributed by atoms with Crippen molar-refractivity contribution in [2.24, 2.45) is 0 Å². The minimum absolute atomic E-state index is 0.0933. The largest absolute Gasteiger partial charge is 0.468 e. The smallest absolute Gasteiger partial charge is 0.319 e. The van der Waals surface area contributed by atoms with E-state index in [-0.39, 0.29) is 51.2 Å². The topological polar surface area (TPSA) is 93.2 Å². The lowest BCUT2D eigenvalue weighted by Crippen LogP contribution is -2.64. The molecule has 9 heteroatoms. The van der Waals surface area contributed by atoms with Crippen molar-refractivity contribution >= 4 is 21.8 Å². The number of carbonyl (C=O) groups is 2. The highest BCUT2D eigenvalue weighted by atomic mass is 32.2. The standard InChI is InChI=1S/C12H20N2O6S/c1-19-11(15)7-13-3-9-5-14(8-12(16)20-2)6-10(4-13)21(9,17)18/h9-10H,3-8H2,1-2H3. The molecule has 2 aliphatic rings. The summed E-state index contributed by atoms with van der Waals surface area (Å²) in [6.45, 7) is 1.32. The highest BCUT2D eigenvalue weighted by molar-refractivity contribution is 7.92. The molecule has 0 aromatic heterocycles. The predicted octanol–water partition coefficient (Wildman–Crippen LogP) is -1.88. The highest BCUT2D eigenvalue weighted by Crippen LogP contribution is 2.25. The molecule has 0 unspecified atom stereocenters. The first-order valence-electron chi connectivity index (χ1n) is 6.68. The van der Waals surface area contributed by atoms with Crippen LogP contribution in [0.25, 0.3) is 0 Å². The van der Waals surface area contributed by atoms with Gasteiger partial charge in [-0.25, -0.2) is 8.42 Å². The van der Waals surface area contributed by atoms with Gasteiger partial charge >= 0.3 is 11.9 Å². The number of hydrogen-bond acceptors (Lipinski definition) is 8. The Bertz CT molecular complexity index is 468. The molecule has 2 rings (SSSR count). The van der Waals surface area contributed by atoms with Gasteiger partial charge in [0.25, 0.3) is 0 Å². The van der Waals surface area contributed by atoms with Crippen LogP contribution in [-0.2, 0) is 28.9 Å². The first-order valence-corrected chi connectivity index (χ1v) is 8.28. The minimum atomic E-state index is -3.20. The Balaban J connectivity index is 2.05. The molecule has 8 nitrogen and oxygen atoms in total. The summed E-state index contributed by atoms with van der Waals surface area (Å²) in [7, 11) is -0.589. The molecule has 2 aliphatic heterocycles. The van der Waals surface area contributed by atoms with E-state index < -0.39 is 20.3 Å². The number of fused-ring (bicyclic) bond motifs is 2. The highest BCUT2D eigenvalue weighted by Gasteiger charge is 2.46. The lowest BCUT2D eigenvalue weighted by atomic mass is 10.2.